The fourth-order valence-electron chi connectivity index (χ4n) is 4.24. The number of hydrogen-bond donors (Lipinski definition) is 1. The van der Waals surface area contributed by atoms with Crippen molar-refractivity contribution in [1.82, 2.24) is 5.32 Å². The van der Waals surface area contributed by atoms with Gasteiger partial charge in [-0.25, -0.2) is 8.78 Å². The number of amides is 1. The Labute approximate surface area is 240 Å². The molecule has 1 N–H and O–H groups in total. The van der Waals surface area contributed by atoms with Crippen LogP contribution in [0.5, 0.6) is 5.75 Å². The standard InChI is InChI=1S/C30H37F2NO7S/c1-7-10-12-25(40-41(6,36)37)30(35)33-24(18-27(34)38-9-3)23-16-21(14-20(5)29(23)32)28-19(4)15-22(31)17-26(28)39-13-11-8-2/h7-8,14-17,24-25H,1-2,9-13,18H2,3-6H3,(H,33,35)/t24-,25+/m0/s1. The molecule has 8 nitrogen and oxygen atoms in total. The number of esters is 1. The van der Waals surface area contributed by atoms with Gasteiger partial charge in [0.2, 0.25) is 0 Å². The summed E-state index contributed by atoms with van der Waals surface area (Å²) < 4.78 is 69.4. The third-order valence-electron chi connectivity index (χ3n) is 6.00. The Morgan fingerprint density at radius 2 is 1.73 bits per heavy atom. The highest BCUT2D eigenvalue weighted by Crippen LogP contribution is 2.38. The Hall–Kier alpha value is -3.57. The van der Waals surface area contributed by atoms with Crippen molar-refractivity contribution in [3.05, 3.63) is 77.9 Å². The Kier molecular flexibility index (Phi) is 12.7. The first-order valence-electron chi connectivity index (χ1n) is 13.1. The van der Waals surface area contributed by atoms with Crippen molar-refractivity contribution in [1.29, 1.82) is 0 Å². The van der Waals surface area contributed by atoms with Crippen molar-refractivity contribution in [2.24, 2.45) is 0 Å². The number of carbonyl (C=O) groups excluding carboxylic acids is 2. The average Bonchev–Trinajstić information content (AvgIpc) is 2.87. The lowest BCUT2D eigenvalue weighted by Gasteiger charge is -2.24. The fourth-order valence-corrected chi connectivity index (χ4v) is 4.84. The Morgan fingerprint density at radius 1 is 1.05 bits per heavy atom. The number of ether oxygens (including phenoxy) is 2. The van der Waals surface area contributed by atoms with Crippen LogP contribution in [0, 0.1) is 25.5 Å². The van der Waals surface area contributed by atoms with Gasteiger partial charge in [0.25, 0.3) is 16.0 Å². The monoisotopic (exact) mass is 593 g/mol. The molecule has 0 unspecified atom stereocenters. The van der Waals surface area contributed by atoms with Crippen LogP contribution in [0.2, 0.25) is 0 Å². The van der Waals surface area contributed by atoms with Crippen molar-refractivity contribution in [3.63, 3.8) is 0 Å². The van der Waals surface area contributed by atoms with E-state index in [1.165, 1.54) is 31.2 Å². The molecule has 0 aliphatic heterocycles. The molecule has 0 aliphatic carbocycles. The lowest BCUT2D eigenvalue weighted by molar-refractivity contribution is -0.144. The molecule has 0 saturated carbocycles. The molecule has 0 bridgehead atoms. The van der Waals surface area contributed by atoms with Crippen molar-refractivity contribution >= 4 is 22.0 Å². The Bertz CT molecular complexity index is 1380. The molecule has 2 rings (SSSR count). The summed E-state index contributed by atoms with van der Waals surface area (Å²) in [7, 11) is -4.02. The van der Waals surface area contributed by atoms with Gasteiger partial charge in [0.1, 0.15) is 17.4 Å². The second-order valence-corrected chi connectivity index (χ2v) is 11.0. The summed E-state index contributed by atoms with van der Waals surface area (Å²) in [5.74, 6) is -2.54. The molecule has 41 heavy (non-hydrogen) atoms. The van der Waals surface area contributed by atoms with Crippen LogP contribution in [0.15, 0.2) is 49.6 Å². The lowest BCUT2D eigenvalue weighted by Crippen LogP contribution is -2.40. The van der Waals surface area contributed by atoms with E-state index in [0.717, 1.165) is 6.26 Å². The van der Waals surface area contributed by atoms with Crippen LogP contribution in [0.4, 0.5) is 8.78 Å². The number of hydrogen-bond acceptors (Lipinski definition) is 7. The number of aryl methyl sites for hydroxylation is 2. The Morgan fingerprint density at radius 3 is 2.34 bits per heavy atom. The molecule has 2 aromatic carbocycles. The predicted molar refractivity (Wildman–Crippen MR) is 153 cm³/mol. The third kappa shape index (κ3) is 10.1. The van der Waals surface area contributed by atoms with Gasteiger partial charge in [-0.2, -0.15) is 8.42 Å². The van der Waals surface area contributed by atoms with Gasteiger partial charge in [0.05, 0.1) is 31.9 Å². The zero-order valence-electron chi connectivity index (χ0n) is 23.8. The van der Waals surface area contributed by atoms with Gasteiger partial charge in [-0.3, -0.25) is 13.8 Å². The van der Waals surface area contributed by atoms with Gasteiger partial charge in [-0.1, -0.05) is 12.2 Å². The van der Waals surface area contributed by atoms with E-state index >= 15 is 4.39 Å². The maximum atomic E-state index is 15.7. The first kappa shape index (κ1) is 33.6. The summed E-state index contributed by atoms with van der Waals surface area (Å²) in [6, 6.07) is 4.30. The smallest absolute Gasteiger partial charge is 0.308 e. The van der Waals surface area contributed by atoms with Crippen LogP contribution in [0.1, 0.15) is 55.3 Å². The lowest BCUT2D eigenvalue weighted by atomic mass is 9.92. The van der Waals surface area contributed by atoms with Gasteiger partial charge in [-0.15, -0.1) is 13.2 Å². The second kappa shape index (κ2) is 15.4. The minimum Gasteiger partial charge on any atom is -0.493 e. The van der Waals surface area contributed by atoms with Gasteiger partial charge in [0, 0.05) is 17.2 Å². The zero-order chi connectivity index (χ0) is 30.7. The molecule has 0 aliphatic rings. The molecule has 2 atom stereocenters. The number of carbonyl (C=O) groups is 2. The summed E-state index contributed by atoms with van der Waals surface area (Å²) in [6.45, 7) is 12.3. The molecule has 1 amide bonds. The average molecular weight is 594 g/mol. The van der Waals surface area contributed by atoms with Gasteiger partial charge in [0.15, 0.2) is 6.10 Å². The highest BCUT2D eigenvalue weighted by molar-refractivity contribution is 7.86. The highest BCUT2D eigenvalue weighted by atomic mass is 32.2. The fraction of sp³-hybridized carbons (Fsp3) is 0.400. The van der Waals surface area contributed by atoms with E-state index in [9.17, 15) is 22.4 Å². The largest absolute Gasteiger partial charge is 0.493 e. The van der Waals surface area contributed by atoms with Crippen LogP contribution >= 0.6 is 0 Å². The maximum Gasteiger partial charge on any atom is 0.308 e. The first-order valence-corrected chi connectivity index (χ1v) is 14.9. The van der Waals surface area contributed by atoms with Crippen LogP contribution < -0.4 is 10.1 Å². The van der Waals surface area contributed by atoms with Crippen molar-refractivity contribution in [3.8, 4) is 16.9 Å². The van der Waals surface area contributed by atoms with Crippen molar-refractivity contribution in [2.45, 2.75) is 58.6 Å². The predicted octanol–water partition coefficient (Wildman–Crippen LogP) is 5.63. The minimum atomic E-state index is -4.02. The molecular formula is C30H37F2NO7S. The van der Waals surface area contributed by atoms with E-state index in [2.05, 4.69) is 18.5 Å². The quantitative estimate of drug-likeness (QED) is 0.116. The molecule has 0 heterocycles. The van der Waals surface area contributed by atoms with E-state index in [-0.39, 0.29) is 42.9 Å². The summed E-state index contributed by atoms with van der Waals surface area (Å²) in [6.07, 6.45) is 2.83. The minimum absolute atomic E-state index is 0.0176. The summed E-state index contributed by atoms with van der Waals surface area (Å²) in [4.78, 5) is 25.7. The molecule has 0 aromatic heterocycles. The van der Waals surface area contributed by atoms with E-state index in [0.29, 0.717) is 23.1 Å². The van der Waals surface area contributed by atoms with E-state index in [1.54, 1.807) is 26.0 Å². The normalized spacial score (nSPS) is 12.7. The molecule has 0 spiro atoms. The van der Waals surface area contributed by atoms with E-state index in [1.807, 2.05) is 0 Å². The maximum absolute atomic E-state index is 15.7. The number of nitrogens with one attached hydrogen (secondary N) is 1. The number of halogens is 2. The molecule has 11 heteroatoms. The number of rotatable bonds is 16. The SMILES string of the molecule is C=CCCOc1cc(F)cc(C)c1-c1cc(C)c(F)c([C@H](CC(=O)OCC)NC(=O)[C@@H](CCC=C)OS(C)(=O)=O)c1. The topological polar surface area (TPSA) is 108 Å². The van der Waals surface area contributed by atoms with Crippen LogP contribution in [0.3, 0.4) is 0 Å². The summed E-state index contributed by atoms with van der Waals surface area (Å²) in [5.41, 5.74) is 1.63. The summed E-state index contributed by atoms with van der Waals surface area (Å²) >= 11 is 0. The van der Waals surface area contributed by atoms with Crippen LogP contribution in [-0.4, -0.2) is 45.9 Å². The second-order valence-electron chi connectivity index (χ2n) is 9.44. The van der Waals surface area contributed by atoms with Gasteiger partial charge >= 0.3 is 5.97 Å². The van der Waals surface area contributed by atoms with Gasteiger partial charge in [-0.05, 0) is 74.9 Å². The van der Waals surface area contributed by atoms with Crippen molar-refractivity contribution in [2.75, 3.05) is 19.5 Å². The molecule has 2 aromatic rings. The summed E-state index contributed by atoms with van der Waals surface area (Å²) in [5, 5.41) is 2.58. The van der Waals surface area contributed by atoms with Crippen LogP contribution in [-0.2, 0) is 28.6 Å². The van der Waals surface area contributed by atoms with E-state index < -0.39 is 52.2 Å². The molecule has 0 radical (unpaired) electrons. The molecule has 0 saturated heterocycles. The van der Waals surface area contributed by atoms with Gasteiger partial charge < -0.3 is 14.8 Å². The first-order chi connectivity index (χ1) is 19.3. The Balaban J connectivity index is 2.64. The van der Waals surface area contributed by atoms with Crippen molar-refractivity contribution < 1.29 is 40.4 Å². The number of benzene rings is 2. The third-order valence-corrected chi connectivity index (χ3v) is 6.58. The zero-order valence-corrected chi connectivity index (χ0v) is 24.6. The molecular weight excluding hydrogens is 556 g/mol. The molecule has 0 fully saturated rings. The molecule has 224 valence electrons. The highest BCUT2D eigenvalue weighted by Gasteiger charge is 2.30. The van der Waals surface area contributed by atoms with E-state index in [4.69, 9.17) is 13.7 Å². The van der Waals surface area contributed by atoms with Crippen LogP contribution in [0.25, 0.3) is 11.1 Å². The number of allylic oxidation sites excluding steroid dienone is 1.